The summed E-state index contributed by atoms with van der Waals surface area (Å²) in [6.07, 6.45) is -0.350. The highest BCUT2D eigenvalue weighted by Crippen LogP contribution is 2.25. The average Bonchev–Trinajstić information content (AvgIpc) is 2.65. The summed E-state index contributed by atoms with van der Waals surface area (Å²) in [6, 6.07) is 9.31. The largest absolute Gasteiger partial charge is 0.481 e. The number of carbonyl (C=O) groups is 2. The van der Waals surface area contributed by atoms with Crippen LogP contribution < -0.4 is 4.74 Å². The maximum absolute atomic E-state index is 13.1. The van der Waals surface area contributed by atoms with E-state index < -0.39 is 5.60 Å². The second-order valence-electron chi connectivity index (χ2n) is 8.01. The van der Waals surface area contributed by atoms with Crippen LogP contribution >= 0.6 is 0 Å². The molecule has 1 aliphatic rings. The van der Waals surface area contributed by atoms with E-state index in [4.69, 9.17) is 9.47 Å². The Labute approximate surface area is 165 Å². The normalized spacial score (nSPS) is 17.5. The molecule has 0 radical (unpaired) electrons. The Kier molecular flexibility index (Phi) is 5.45. The molecule has 150 valence electrons. The summed E-state index contributed by atoms with van der Waals surface area (Å²) in [5, 5.41) is 1.77. The number of rotatable bonds is 2. The molecule has 1 aromatic heterocycles. The Morgan fingerprint density at radius 1 is 1.18 bits per heavy atom. The van der Waals surface area contributed by atoms with Crippen molar-refractivity contribution in [2.75, 3.05) is 26.7 Å². The number of ether oxygens (including phenoxy) is 2. The van der Waals surface area contributed by atoms with Gasteiger partial charge in [-0.15, -0.1) is 0 Å². The Hall–Kier alpha value is -2.83. The molecule has 1 aliphatic heterocycles. The van der Waals surface area contributed by atoms with Crippen molar-refractivity contribution >= 4 is 22.8 Å². The molecule has 0 bridgehead atoms. The number of piperazine rings is 1. The van der Waals surface area contributed by atoms with Crippen LogP contribution in [0.3, 0.4) is 0 Å². The number of nitrogens with zero attached hydrogens (tertiary/aromatic N) is 3. The van der Waals surface area contributed by atoms with Crippen molar-refractivity contribution in [2.45, 2.75) is 39.3 Å². The molecule has 3 rings (SSSR count). The van der Waals surface area contributed by atoms with Crippen molar-refractivity contribution in [2.24, 2.45) is 0 Å². The monoisotopic (exact) mass is 385 g/mol. The van der Waals surface area contributed by atoms with Gasteiger partial charge < -0.3 is 19.3 Å². The van der Waals surface area contributed by atoms with E-state index in [0.717, 1.165) is 10.8 Å². The summed E-state index contributed by atoms with van der Waals surface area (Å²) in [7, 11) is 1.55. The number of hydrogen-bond acceptors (Lipinski definition) is 5. The molecule has 0 aliphatic carbocycles. The van der Waals surface area contributed by atoms with Gasteiger partial charge in [0, 0.05) is 31.1 Å². The number of carbonyl (C=O) groups excluding carboxylic acids is 2. The summed E-state index contributed by atoms with van der Waals surface area (Å²) < 4.78 is 10.8. The van der Waals surface area contributed by atoms with E-state index in [0.29, 0.717) is 31.2 Å². The van der Waals surface area contributed by atoms with Crippen molar-refractivity contribution in [1.29, 1.82) is 0 Å². The fourth-order valence-electron chi connectivity index (χ4n) is 3.33. The summed E-state index contributed by atoms with van der Waals surface area (Å²) in [6.45, 7) is 8.72. The molecule has 2 heterocycles. The summed E-state index contributed by atoms with van der Waals surface area (Å²) >= 11 is 0. The Morgan fingerprint density at radius 3 is 2.54 bits per heavy atom. The highest BCUT2D eigenvalue weighted by Gasteiger charge is 2.33. The lowest BCUT2D eigenvalue weighted by Crippen LogP contribution is -2.56. The van der Waals surface area contributed by atoms with Crippen LogP contribution in [0.2, 0.25) is 0 Å². The SMILES string of the molecule is COc1nc(C(=O)N2CCN(C(=O)OC(C)(C)C)C[C@@H]2C)cc2ccccc12. The minimum atomic E-state index is -0.543. The summed E-state index contributed by atoms with van der Waals surface area (Å²) in [5.41, 5.74) is -0.202. The maximum Gasteiger partial charge on any atom is 0.410 e. The van der Waals surface area contributed by atoms with Gasteiger partial charge in [0.1, 0.15) is 11.3 Å². The Morgan fingerprint density at radius 2 is 1.89 bits per heavy atom. The molecule has 1 atom stereocenters. The van der Waals surface area contributed by atoms with Crippen LogP contribution in [-0.2, 0) is 4.74 Å². The van der Waals surface area contributed by atoms with Crippen LogP contribution in [0.5, 0.6) is 5.88 Å². The van der Waals surface area contributed by atoms with Crippen molar-refractivity contribution in [3.8, 4) is 5.88 Å². The molecule has 0 spiro atoms. The minimum Gasteiger partial charge on any atom is -0.481 e. The predicted molar refractivity (Wildman–Crippen MR) is 107 cm³/mol. The Bertz CT molecular complexity index is 891. The van der Waals surface area contributed by atoms with E-state index in [9.17, 15) is 9.59 Å². The smallest absolute Gasteiger partial charge is 0.410 e. The lowest BCUT2D eigenvalue weighted by molar-refractivity contribution is 0.00606. The first kappa shape index (κ1) is 19.9. The van der Waals surface area contributed by atoms with E-state index in [1.165, 1.54) is 0 Å². The minimum absolute atomic E-state index is 0.145. The van der Waals surface area contributed by atoms with Gasteiger partial charge in [0.2, 0.25) is 5.88 Å². The number of pyridine rings is 1. The van der Waals surface area contributed by atoms with Gasteiger partial charge >= 0.3 is 6.09 Å². The summed E-state index contributed by atoms with van der Waals surface area (Å²) in [4.78, 5) is 33.2. The zero-order chi connectivity index (χ0) is 20.5. The van der Waals surface area contributed by atoms with Gasteiger partial charge in [0.25, 0.3) is 5.91 Å². The maximum atomic E-state index is 13.1. The number of amides is 2. The molecular formula is C21H27N3O4. The van der Waals surface area contributed by atoms with Crippen molar-refractivity contribution < 1.29 is 19.1 Å². The fourth-order valence-corrected chi connectivity index (χ4v) is 3.33. The highest BCUT2D eigenvalue weighted by molar-refractivity contribution is 5.98. The van der Waals surface area contributed by atoms with E-state index in [1.807, 2.05) is 52.0 Å². The van der Waals surface area contributed by atoms with E-state index >= 15 is 0 Å². The highest BCUT2D eigenvalue weighted by atomic mass is 16.6. The molecule has 0 N–H and O–H groups in total. The predicted octanol–water partition coefficient (Wildman–Crippen LogP) is 3.32. The number of benzene rings is 1. The van der Waals surface area contributed by atoms with E-state index in [1.54, 1.807) is 23.0 Å². The van der Waals surface area contributed by atoms with E-state index in [-0.39, 0.29) is 18.0 Å². The van der Waals surface area contributed by atoms with Gasteiger partial charge in [-0.05, 0) is 45.2 Å². The van der Waals surface area contributed by atoms with Crippen molar-refractivity contribution in [3.63, 3.8) is 0 Å². The number of hydrogen-bond donors (Lipinski definition) is 0. The molecule has 0 unspecified atom stereocenters. The van der Waals surface area contributed by atoms with Gasteiger partial charge in [-0.3, -0.25) is 4.79 Å². The molecular weight excluding hydrogens is 358 g/mol. The second kappa shape index (κ2) is 7.66. The Balaban J connectivity index is 1.77. The van der Waals surface area contributed by atoms with Crippen LogP contribution in [-0.4, -0.2) is 65.2 Å². The molecule has 0 saturated carbocycles. The van der Waals surface area contributed by atoms with E-state index in [2.05, 4.69) is 4.98 Å². The molecule has 7 nitrogen and oxygen atoms in total. The van der Waals surface area contributed by atoms with Crippen LogP contribution in [0.4, 0.5) is 4.79 Å². The molecule has 2 aromatic rings. The van der Waals surface area contributed by atoms with Crippen molar-refractivity contribution in [1.82, 2.24) is 14.8 Å². The van der Waals surface area contributed by atoms with Gasteiger partial charge in [-0.25, -0.2) is 9.78 Å². The zero-order valence-electron chi connectivity index (χ0n) is 17.1. The number of methoxy groups -OCH3 is 1. The number of fused-ring (bicyclic) bond motifs is 1. The van der Waals surface area contributed by atoms with Gasteiger partial charge in [0.15, 0.2) is 0 Å². The third kappa shape index (κ3) is 4.18. The molecule has 1 fully saturated rings. The quantitative estimate of drug-likeness (QED) is 0.793. The first-order valence-electron chi connectivity index (χ1n) is 9.42. The van der Waals surface area contributed by atoms with Gasteiger partial charge in [-0.2, -0.15) is 0 Å². The van der Waals surface area contributed by atoms with Crippen LogP contribution in [0, 0.1) is 0 Å². The lowest BCUT2D eigenvalue weighted by Gasteiger charge is -2.40. The standard InChI is InChI=1S/C21H27N3O4/c1-14-13-23(20(26)28-21(2,3)4)10-11-24(14)19(25)17-12-15-8-6-7-9-16(15)18(22-17)27-5/h6-9,12,14H,10-11,13H2,1-5H3/t14-/m0/s1. The topological polar surface area (TPSA) is 72.0 Å². The van der Waals surface area contributed by atoms with Crippen molar-refractivity contribution in [3.05, 3.63) is 36.0 Å². The first-order valence-corrected chi connectivity index (χ1v) is 9.42. The molecule has 1 saturated heterocycles. The van der Waals surface area contributed by atoms with Crippen LogP contribution in [0.25, 0.3) is 10.8 Å². The third-order valence-corrected chi connectivity index (χ3v) is 4.66. The third-order valence-electron chi connectivity index (χ3n) is 4.66. The van der Waals surface area contributed by atoms with Crippen LogP contribution in [0.15, 0.2) is 30.3 Å². The fraction of sp³-hybridized carbons (Fsp3) is 0.476. The first-order chi connectivity index (χ1) is 13.2. The molecule has 28 heavy (non-hydrogen) atoms. The number of aromatic nitrogens is 1. The molecule has 2 amide bonds. The summed E-state index contributed by atoms with van der Waals surface area (Å²) in [5.74, 6) is 0.266. The molecule has 7 heteroatoms. The van der Waals surface area contributed by atoms with Gasteiger partial charge in [-0.1, -0.05) is 18.2 Å². The zero-order valence-corrected chi connectivity index (χ0v) is 17.1. The average molecular weight is 385 g/mol. The second-order valence-corrected chi connectivity index (χ2v) is 8.01. The molecule has 1 aromatic carbocycles. The lowest BCUT2D eigenvalue weighted by atomic mass is 10.1. The van der Waals surface area contributed by atoms with Crippen LogP contribution in [0.1, 0.15) is 38.2 Å². The van der Waals surface area contributed by atoms with Gasteiger partial charge in [0.05, 0.1) is 7.11 Å².